The first-order valence-electron chi connectivity index (χ1n) is 40.6. The van der Waals surface area contributed by atoms with E-state index in [1.165, 1.54) is 218 Å². The van der Waals surface area contributed by atoms with Crippen LogP contribution < -0.4 is 90.2 Å². The summed E-state index contributed by atoms with van der Waals surface area (Å²) in [7, 11) is -9.83. The zero-order valence-corrected chi connectivity index (χ0v) is 70.8. The molecule has 4 N–H and O–H groups in total. The number of hydrogen-bond donors (Lipinski definition) is 4. The van der Waals surface area contributed by atoms with E-state index in [2.05, 4.69) is 62.8 Å². The van der Waals surface area contributed by atoms with E-state index in [-0.39, 0.29) is 115 Å². The van der Waals surface area contributed by atoms with Gasteiger partial charge in [-0.3, -0.25) is 23.5 Å². The molecule has 0 aliphatic rings. The summed E-state index contributed by atoms with van der Waals surface area (Å²) in [5, 5.41) is 11.0. The minimum Gasteiger partial charge on any atom is -0.756 e. The molecule has 570 valence electrons. The third-order valence-corrected chi connectivity index (χ3v) is 20.6. The van der Waals surface area contributed by atoms with Gasteiger partial charge >= 0.3 is 71.1 Å². The third kappa shape index (κ3) is 72.8. The second kappa shape index (κ2) is 76.5. The molecule has 0 spiro atoms. The summed E-state index contributed by atoms with van der Waals surface area (Å²) in [5.41, 5.74) is 0. The number of urea groups is 1. The van der Waals surface area contributed by atoms with Crippen LogP contribution in [0.4, 0.5) is 4.79 Å². The van der Waals surface area contributed by atoms with Crippen molar-refractivity contribution in [3.05, 3.63) is 0 Å². The van der Waals surface area contributed by atoms with Crippen molar-refractivity contribution in [1.29, 1.82) is 0 Å². The Bertz CT molecular complexity index is 1870. The molecule has 21 heteroatoms. The van der Waals surface area contributed by atoms with E-state index < -0.39 is 59.7 Å². The Morgan fingerprint density at radius 1 is 0.357 bits per heavy atom. The summed E-state index contributed by atoms with van der Waals surface area (Å²) < 4.78 is 53.5. The first kappa shape index (κ1) is 102. The SMILES string of the molecule is CCCCCCCCCCCCCCC(=O)OC(CCCCCCCCCCC)[C@H](COP(=O)([O-])OCCNC(=O)NCCOP(=O)([O-])OC[C@@H](CC(C)CCCCCCCCCC)NC(=O)CCCCCCCCCCCCC)NC(=O)CCCCCCCCCCCCC.[Na+].[Na+]. The normalized spacial score (nSPS) is 13.9. The van der Waals surface area contributed by atoms with Crippen molar-refractivity contribution in [3.63, 3.8) is 0 Å². The summed E-state index contributed by atoms with van der Waals surface area (Å²) in [4.78, 5) is 79.4. The Labute approximate surface area is 646 Å². The number of ether oxygens (including phenoxy) is 1. The van der Waals surface area contributed by atoms with Crippen molar-refractivity contribution >= 4 is 39.5 Å². The van der Waals surface area contributed by atoms with Crippen LogP contribution in [0.5, 0.6) is 0 Å². The largest absolute Gasteiger partial charge is 1.00 e. The summed E-state index contributed by atoms with van der Waals surface area (Å²) in [5.74, 6) is -0.513. The zero-order valence-electron chi connectivity index (χ0n) is 65.1. The van der Waals surface area contributed by atoms with Crippen LogP contribution in [0, 0.1) is 5.92 Å². The van der Waals surface area contributed by atoms with Crippen molar-refractivity contribution < 1.29 is 120 Å². The standard InChI is InChI=1S/C77H154N4O13P2.2Na/c1-7-12-17-22-27-32-35-38-42-47-52-57-62-76(84)94-73(59-54-49-44-39-30-25-20-15-10-4)72(81-75(83)61-56-51-46-41-37-34-29-24-19-14-9-3)69-93-96(88,89)91-66-64-79-77(85)78-63-65-90-95(86,87)92-68-71(67-70(6)58-53-48-43-31-26-21-16-11-5)80-74(82)60-55-50-45-40-36-33-28-23-18-13-8-2;;/h70-73H,7-69H2,1-6H3,(H,80,82)(H,81,83)(H,86,87)(H,88,89)(H2,78,79,85);;/q;2*+1/p-2/t70?,71-,72+,73?;;/m1../s1. The van der Waals surface area contributed by atoms with Crippen molar-refractivity contribution in [2.75, 3.05) is 39.5 Å². The second-order valence-electron chi connectivity index (χ2n) is 28.2. The first-order valence-corrected chi connectivity index (χ1v) is 43.5. The van der Waals surface area contributed by atoms with Crippen molar-refractivity contribution in [2.24, 2.45) is 5.92 Å². The minimum atomic E-state index is -5.01. The minimum absolute atomic E-state index is 0. The predicted octanol–water partition coefficient (Wildman–Crippen LogP) is 15.1. The molecule has 4 unspecified atom stereocenters. The van der Waals surface area contributed by atoms with E-state index in [0.717, 1.165) is 103 Å². The number of unbranched alkanes of at least 4 members (excludes halogenated alkanes) is 46. The molecule has 17 nitrogen and oxygen atoms in total. The maximum Gasteiger partial charge on any atom is 1.00 e. The topological polar surface area (TPSA) is 243 Å². The number of amides is 4. The van der Waals surface area contributed by atoms with Gasteiger partial charge in [-0.25, -0.2) is 4.79 Å². The van der Waals surface area contributed by atoms with Gasteiger partial charge in [0.05, 0.1) is 38.5 Å². The van der Waals surface area contributed by atoms with E-state index in [0.29, 0.717) is 32.1 Å². The van der Waals surface area contributed by atoms with Crippen LogP contribution in [0.2, 0.25) is 0 Å². The molecule has 0 bridgehead atoms. The number of carbonyl (C=O) groups is 4. The summed E-state index contributed by atoms with van der Waals surface area (Å²) in [6, 6.07) is -2.19. The summed E-state index contributed by atoms with van der Waals surface area (Å²) in [6.07, 6.45) is 61.1. The molecule has 0 rings (SSSR count). The maximum atomic E-state index is 13.6. The number of carbonyl (C=O) groups excluding carboxylic acids is 4. The average Bonchev–Trinajstić information content (AvgIpc) is 0.919. The van der Waals surface area contributed by atoms with Crippen LogP contribution in [0.1, 0.15) is 408 Å². The van der Waals surface area contributed by atoms with Gasteiger partial charge in [-0.2, -0.15) is 0 Å². The van der Waals surface area contributed by atoms with Crippen LogP contribution >= 0.6 is 15.6 Å². The van der Waals surface area contributed by atoms with Crippen molar-refractivity contribution in [1.82, 2.24) is 21.3 Å². The van der Waals surface area contributed by atoms with Gasteiger partial charge in [0.1, 0.15) is 6.10 Å². The second-order valence-corrected chi connectivity index (χ2v) is 31.1. The van der Waals surface area contributed by atoms with Crippen LogP contribution in [-0.4, -0.2) is 81.5 Å². The van der Waals surface area contributed by atoms with Gasteiger partial charge in [-0.1, -0.05) is 350 Å². The monoisotopic (exact) mass is 1450 g/mol. The van der Waals surface area contributed by atoms with Gasteiger partial charge in [0.2, 0.25) is 11.8 Å². The molecule has 0 aliphatic carbocycles. The summed E-state index contributed by atoms with van der Waals surface area (Å²) in [6.45, 7) is 11.1. The molecule has 0 saturated heterocycles. The molecule has 0 heterocycles. The Balaban J connectivity index is -0.0000451. The molecule has 0 radical (unpaired) electrons. The molecule has 0 aromatic carbocycles. The molecule has 0 fully saturated rings. The number of phosphoric acid groups is 2. The van der Waals surface area contributed by atoms with Gasteiger partial charge in [0, 0.05) is 32.4 Å². The van der Waals surface area contributed by atoms with Gasteiger partial charge in [-0.05, 0) is 44.4 Å². The number of phosphoric ester groups is 2. The molecule has 98 heavy (non-hydrogen) atoms. The number of rotatable bonds is 76. The number of esters is 1. The Hall–Kier alpha value is -0.100. The molecule has 0 saturated carbocycles. The Morgan fingerprint density at radius 3 is 0.990 bits per heavy atom. The van der Waals surface area contributed by atoms with Crippen LogP contribution in [-0.2, 0) is 46.3 Å². The maximum absolute atomic E-state index is 13.6. The molecule has 0 aromatic heterocycles. The van der Waals surface area contributed by atoms with E-state index in [1.54, 1.807) is 0 Å². The molecule has 0 aromatic rings. The van der Waals surface area contributed by atoms with E-state index in [9.17, 15) is 38.1 Å². The fourth-order valence-corrected chi connectivity index (χ4v) is 14.1. The Kier molecular flexibility index (Phi) is 79.7. The number of nitrogens with one attached hydrogen (secondary N) is 4. The Morgan fingerprint density at radius 2 is 0.643 bits per heavy atom. The van der Waals surface area contributed by atoms with Gasteiger partial charge in [-0.15, -0.1) is 0 Å². The summed E-state index contributed by atoms with van der Waals surface area (Å²) >= 11 is 0. The van der Waals surface area contributed by atoms with Crippen LogP contribution in [0.3, 0.4) is 0 Å². The van der Waals surface area contributed by atoms with Crippen molar-refractivity contribution in [3.8, 4) is 0 Å². The van der Waals surface area contributed by atoms with Gasteiger partial charge in [0.25, 0.3) is 15.6 Å². The third-order valence-electron chi connectivity index (χ3n) is 18.6. The van der Waals surface area contributed by atoms with Gasteiger partial charge < -0.3 is 53.9 Å². The van der Waals surface area contributed by atoms with Crippen LogP contribution in [0.15, 0.2) is 0 Å². The quantitative estimate of drug-likeness (QED) is 0.0192. The predicted molar refractivity (Wildman–Crippen MR) is 395 cm³/mol. The first-order chi connectivity index (χ1) is 46.6. The smallest absolute Gasteiger partial charge is 0.756 e. The molecular weight excluding hydrogens is 1300 g/mol. The fraction of sp³-hybridized carbons (Fsp3) is 0.948. The van der Waals surface area contributed by atoms with Crippen LogP contribution in [0.25, 0.3) is 0 Å². The van der Waals surface area contributed by atoms with Crippen molar-refractivity contribution in [2.45, 2.75) is 426 Å². The van der Waals surface area contributed by atoms with Gasteiger partial charge in [0.15, 0.2) is 0 Å². The number of hydrogen-bond acceptors (Lipinski definition) is 13. The molecular formula is C77H152N4Na2O13P2. The average molecular weight is 1450 g/mol. The van der Waals surface area contributed by atoms with E-state index in [4.69, 9.17) is 22.8 Å². The molecule has 0 aliphatic heterocycles. The van der Waals surface area contributed by atoms with E-state index >= 15 is 0 Å². The zero-order chi connectivity index (χ0) is 70.5. The van der Waals surface area contributed by atoms with E-state index in [1.807, 2.05) is 0 Å². The molecule has 4 amide bonds. The molecule has 6 atom stereocenters. The fourth-order valence-electron chi connectivity index (χ4n) is 12.6.